The number of carbonyl (C=O) groups is 1. The van der Waals surface area contributed by atoms with Crippen LogP contribution in [-0.4, -0.2) is 5.78 Å². The Morgan fingerprint density at radius 1 is 1.50 bits per heavy atom. The lowest BCUT2D eigenvalue weighted by Crippen LogP contribution is -1.95. The van der Waals surface area contributed by atoms with Crippen molar-refractivity contribution in [3.05, 3.63) is 0 Å². The third kappa shape index (κ3) is 0.188. The molecule has 1 heteroatoms. The van der Waals surface area contributed by atoms with Crippen LogP contribution >= 0.6 is 0 Å². The van der Waals surface area contributed by atoms with E-state index in [1.54, 1.807) is 0 Å². The van der Waals surface area contributed by atoms with Crippen LogP contribution in [0.3, 0.4) is 0 Å². The lowest BCUT2D eigenvalue weighted by atomic mass is 10.2. The molecule has 1 unspecified atom stereocenters. The maximum absolute atomic E-state index is 10.9. The topological polar surface area (TPSA) is 17.1 Å². The van der Waals surface area contributed by atoms with Crippen molar-refractivity contribution in [3.63, 3.8) is 0 Å². The summed E-state index contributed by atoms with van der Waals surface area (Å²) in [6.07, 6.45) is 3.59. The van der Waals surface area contributed by atoms with Gasteiger partial charge in [-0.3, -0.25) is 4.79 Å². The molecule has 1 nitrogen and oxygen atoms in total. The van der Waals surface area contributed by atoms with Crippen molar-refractivity contribution >= 4 is 5.78 Å². The van der Waals surface area contributed by atoms with Crippen molar-refractivity contribution in [2.24, 2.45) is 17.3 Å². The molecular formula is C7H8O. The van der Waals surface area contributed by atoms with Gasteiger partial charge in [-0.05, 0) is 24.2 Å². The van der Waals surface area contributed by atoms with E-state index < -0.39 is 0 Å². The zero-order valence-electron chi connectivity index (χ0n) is 4.68. The predicted octanol–water partition coefficient (Wildman–Crippen LogP) is 0.985. The lowest BCUT2D eigenvalue weighted by Gasteiger charge is -1.86. The van der Waals surface area contributed by atoms with Crippen molar-refractivity contribution in [1.82, 2.24) is 0 Å². The minimum Gasteiger partial charge on any atom is -0.299 e. The highest BCUT2D eigenvalue weighted by Crippen LogP contribution is 2.80. The number of hydrogen-bond acceptors (Lipinski definition) is 1. The van der Waals surface area contributed by atoms with Crippen LogP contribution in [0.25, 0.3) is 0 Å². The first-order valence-electron chi connectivity index (χ1n) is 3.36. The fraction of sp³-hybridized carbons (Fsp3) is 0.857. The number of ketones is 1. The molecule has 0 radical (unpaired) electrons. The van der Waals surface area contributed by atoms with E-state index in [1.807, 2.05) is 0 Å². The van der Waals surface area contributed by atoms with Crippen molar-refractivity contribution in [3.8, 4) is 0 Å². The quantitative estimate of drug-likeness (QED) is 0.452. The molecule has 3 atom stereocenters. The zero-order chi connectivity index (χ0) is 5.35. The minimum atomic E-state index is 0.562. The molecule has 3 aliphatic carbocycles. The molecule has 42 valence electrons. The van der Waals surface area contributed by atoms with Crippen LogP contribution in [0.4, 0.5) is 0 Å². The molecule has 1 spiro atoms. The molecule has 0 saturated heterocycles. The fourth-order valence-corrected chi connectivity index (χ4v) is 2.49. The highest BCUT2D eigenvalue weighted by Gasteiger charge is 2.77. The molecule has 3 rings (SSSR count). The Morgan fingerprint density at radius 2 is 2.38 bits per heavy atom. The van der Waals surface area contributed by atoms with Crippen molar-refractivity contribution in [2.75, 3.05) is 0 Å². The molecule has 0 heterocycles. The van der Waals surface area contributed by atoms with Gasteiger partial charge >= 0.3 is 0 Å². The van der Waals surface area contributed by atoms with E-state index in [9.17, 15) is 4.79 Å². The monoisotopic (exact) mass is 108 g/mol. The first-order chi connectivity index (χ1) is 3.83. The van der Waals surface area contributed by atoms with E-state index in [2.05, 4.69) is 0 Å². The maximum Gasteiger partial charge on any atom is 0.136 e. The molecule has 0 N–H and O–H groups in total. The average Bonchev–Trinajstić information content (AvgIpc) is 2.51. The number of hydrogen-bond donors (Lipinski definition) is 0. The smallest absolute Gasteiger partial charge is 0.136 e. The lowest BCUT2D eigenvalue weighted by molar-refractivity contribution is -0.119. The summed E-state index contributed by atoms with van der Waals surface area (Å²) in [5.74, 6) is 1.99. The fourth-order valence-electron chi connectivity index (χ4n) is 2.49. The summed E-state index contributed by atoms with van der Waals surface area (Å²) in [6, 6.07) is 0. The van der Waals surface area contributed by atoms with Gasteiger partial charge in [-0.25, -0.2) is 0 Å². The van der Waals surface area contributed by atoms with Crippen LogP contribution in [-0.2, 0) is 4.79 Å². The SMILES string of the molecule is O=C1C[C@H]2CC23C[C@H]13. The largest absolute Gasteiger partial charge is 0.299 e. The summed E-state index contributed by atoms with van der Waals surface area (Å²) < 4.78 is 0. The van der Waals surface area contributed by atoms with Gasteiger partial charge in [0.25, 0.3) is 0 Å². The number of Topliss-reactive ketones (excluding diaryl/α,β-unsaturated/α-hetero) is 1. The zero-order valence-corrected chi connectivity index (χ0v) is 4.68. The van der Waals surface area contributed by atoms with Crippen LogP contribution < -0.4 is 0 Å². The Balaban J connectivity index is 2.12. The van der Waals surface area contributed by atoms with Crippen molar-refractivity contribution in [2.45, 2.75) is 19.3 Å². The second-order valence-corrected chi connectivity index (χ2v) is 3.56. The van der Waals surface area contributed by atoms with E-state index in [0.717, 1.165) is 12.3 Å². The molecule has 3 fully saturated rings. The van der Waals surface area contributed by atoms with Crippen LogP contribution in [0.1, 0.15) is 19.3 Å². The standard InChI is InChI=1S/C7H8O/c8-6-1-4-2-7(4)3-5(6)7/h4-5H,1-3H2/t4-,5+,7?/m0/s1. The van der Waals surface area contributed by atoms with E-state index in [4.69, 9.17) is 0 Å². The predicted molar refractivity (Wildman–Crippen MR) is 28.3 cm³/mol. The van der Waals surface area contributed by atoms with Crippen LogP contribution in [0, 0.1) is 17.3 Å². The normalized spacial score (nSPS) is 64.8. The Kier molecular flexibility index (Phi) is 0.313. The molecule has 0 aromatic carbocycles. The summed E-state index contributed by atoms with van der Waals surface area (Å²) in [7, 11) is 0. The average molecular weight is 108 g/mol. The van der Waals surface area contributed by atoms with Gasteiger partial charge in [-0.1, -0.05) is 0 Å². The van der Waals surface area contributed by atoms with Gasteiger partial charge in [0.1, 0.15) is 5.78 Å². The third-order valence-electron chi connectivity index (χ3n) is 3.23. The second-order valence-electron chi connectivity index (χ2n) is 3.56. The van der Waals surface area contributed by atoms with Gasteiger partial charge < -0.3 is 0 Å². The van der Waals surface area contributed by atoms with Crippen molar-refractivity contribution < 1.29 is 4.79 Å². The Morgan fingerprint density at radius 3 is 2.62 bits per heavy atom. The van der Waals surface area contributed by atoms with E-state index in [1.165, 1.54) is 12.8 Å². The Hall–Kier alpha value is -0.330. The molecule has 0 aromatic rings. The van der Waals surface area contributed by atoms with Gasteiger partial charge in [-0.2, -0.15) is 0 Å². The molecule has 0 aromatic heterocycles. The second kappa shape index (κ2) is 0.687. The van der Waals surface area contributed by atoms with Gasteiger partial charge in [0.2, 0.25) is 0 Å². The van der Waals surface area contributed by atoms with Gasteiger partial charge in [0, 0.05) is 12.3 Å². The van der Waals surface area contributed by atoms with Crippen LogP contribution in [0.2, 0.25) is 0 Å². The number of carbonyl (C=O) groups excluding carboxylic acids is 1. The molecule has 8 heavy (non-hydrogen) atoms. The molecule has 0 bridgehead atoms. The summed E-state index contributed by atoms with van der Waals surface area (Å²) in [4.78, 5) is 10.9. The number of rotatable bonds is 0. The summed E-state index contributed by atoms with van der Waals surface area (Å²) in [5, 5.41) is 0. The third-order valence-corrected chi connectivity index (χ3v) is 3.23. The van der Waals surface area contributed by atoms with Gasteiger partial charge in [-0.15, -0.1) is 0 Å². The van der Waals surface area contributed by atoms with E-state index in [0.29, 0.717) is 17.1 Å². The van der Waals surface area contributed by atoms with Crippen LogP contribution in [0.15, 0.2) is 0 Å². The highest BCUT2D eigenvalue weighted by atomic mass is 16.1. The summed E-state index contributed by atoms with van der Waals surface area (Å²) in [5.41, 5.74) is 0.650. The van der Waals surface area contributed by atoms with Crippen molar-refractivity contribution in [1.29, 1.82) is 0 Å². The van der Waals surface area contributed by atoms with E-state index >= 15 is 0 Å². The van der Waals surface area contributed by atoms with Gasteiger partial charge in [0.05, 0.1) is 0 Å². The molecule has 3 saturated carbocycles. The Labute approximate surface area is 48.1 Å². The first-order valence-corrected chi connectivity index (χ1v) is 3.36. The molecule has 0 aliphatic heterocycles. The summed E-state index contributed by atoms with van der Waals surface area (Å²) >= 11 is 0. The Bertz CT molecular complexity index is 185. The molecule has 3 aliphatic rings. The maximum atomic E-state index is 10.9. The molecular weight excluding hydrogens is 100 g/mol. The first kappa shape index (κ1) is 3.65. The minimum absolute atomic E-state index is 0.562. The summed E-state index contributed by atoms with van der Waals surface area (Å²) in [6.45, 7) is 0. The van der Waals surface area contributed by atoms with Crippen LogP contribution in [0.5, 0.6) is 0 Å². The molecule has 0 amide bonds. The van der Waals surface area contributed by atoms with Gasteiger partial charge in [0.15, 0.2) is 0 Å². The highest BCUT2D eigenvalue weighted by molar-refractivity contribution is 5.90. The van der Waals surface area contributed by atoms with E-state index in [-0.39, 0.29) is 0 Å².